The van der Waals surface area contributed by atoms with Crippen LogP contribution in [0.4, 0.5) is 0 Å². The van der Waals surface area contributed by atoms with E-state index < -0.39 is 0 Å². The second-order valence-electron chi connectivity index (χ2n) is 5.36. The van der Waals surface area contributed by atoms with Gasteiger partial charge in [-0.1, -0.05) is 13.8 Å². The Hall–Kier alpha value is 0.280. The van der Waals surface area contributed by atoms with Crippen LogP contribution in [0, 0.1) is 0 Å². The lowest BCUT2D eigenvalue weighted by Crippen LogP contribution is -2.44. The SMILES string of the molecule is CCN(CC)CCOC1CCN(C(=O)C2CSCN2)C1.Cl.Cl. The lowest BCUT2D eigenvalue weighted by molar-refractivity contribution is -0.132. The number of nitrogens with one attached hydrogen (secondary N) is 1. The summed E-state index contributed by atoms with van der Waals surface area (Å²) in [6.07, 6.45) is 1.20. The third-order valence-corrected chi connectivity index (χ3v) is 5.07. The van der Waals surface area contributed by atoms with Gasteiger partial charge >= 0.3 is 0 Å². The number of rotatable bonds is 7. The molecular weight excluding hydrogens is 345 g/mol. The average molecular weight is 374 g/mol. The third kappa shape index (κ3) is 6.42. The zero-order chi connectivity index (χ0) is 14.4. The highest BCUT2D eigenvalue weighted by Gasteiger charge is 2.32. The van der Waals surface area contributed by atoms with Gasteiger partial charge in [0.2, 0.25) is 5.91 Å². The molecule has 2 heterocycles. The van der Waals surface area contributed by atoms with Gasteiger partial charge in [-0.3, -0.25) is 10.1 Å². The zero-order valence-electron chi connectivity index (χ0n) is 13.5. The number of thioether (sulfide) groups is 1. The highest BCUT2D eigenvalue weighted by atomic mass is 35.5. The topological polar surface area (TPSA) is 44.8 Å². The fourth-order valence-corrected chi connectivity index (χ4v) is 3.66. The molecule has 2 rings (SSSR count). The molecule has 0 aromatic heterocycles. The summed E-state index contributed by atoms with van der Waals surface area (Å²) in [5, 5.41) is 3.25. The van der Waals surface area contributed by atoms with Crippen molar-refractivity contribution in [3.8, 4) is 0 Å². The molecule has 0 aromatic rings. The quantitative estimate of drug-likeness (QED) is 0.731. The molecule has 0 spiro atoms. The molecule has 132 valence electrons. The smallest absolute Gasteiger partial charge is 0.240 e. The van der Waals surface area contributed by atoms with E-state index in [0.717, 1.165) is 57.4 Å². The number of ether oxygens (including phenoxy) is 1. The summed E-state index contributed by atoms with van der Waals surface area (Å²) >= 11 is 1.80. The standard InChI is InChI=1S/C14H27N3O2S.2ClH/c1-3-16(4-2)7-8-19-12-5-6-17(9-12)14(18)13-10-20-11-15-13;;/h12-13,15H,3-11H2,1-2H3;2*1H. The molecule has 0 radical (unpaired) electrons. The van der Waals surface area contributed by atoms with Gasteiger partial charge < -0.3 is 14.5 Å². The lowest BCUT2D eigenvalue weighted by atomic mass is 10.3. The number of amides is 1. The van der Waals surface area contributed by atoms with Gasteiger partial charge in [-0.2, -0.15) is 0 Å². The number of halogens is 2. The summed E-state index contributed by atoms with van der Waals surface area (Å²) in [5.74, 6) is 2.06. The molecular formula is C14H29Cl2N3O2S. The van der Waals surface area contributed by atoms with Crippen LogP contribution in [0.15, 0.2) is 0 Å². The third-order valence-electron chi connectivity index (χ3n) is 4.13. The maximum Gasteiger partial charge on any atom is 0.240 e. The van der Waals surface area contributed by atoms with Gasteiger partial charge in [0.05, 0.1) is 18.8 Å². The van der Waals surface area contributed by atoms with Crippen molar-refractivity contribution in [1.82, 2.24) is 15.1 Å². The van der Waals surface area contributed by atoms with Crippen molar-refractivity contribution >= 4 is 42.5 Å². The van der Waals surface area contributed by atoms with E-state index in [0.29, 0.717) is 0 Å². The van der Waals surface area contributed by atoms with Crippen LogP contribution in [0.1, 0.15) is 20.3 Å². The van der Waals surface area contributed by atoms with E-state index in [1.165, 1.54) is 0 Å². The number of likely N-dealkylation sites (N-methyl/N-ethyl adjacent to an activating group) is 1. The molecule has 0 saturated carbocycles. The lowest BCUT2D eigenvalue weighted by Gasteiger charge is -2.21. The van der Waals surface area contributed by atoms with Crippen molar-refractivity contribution in [1.29, 1.82) is 0 Å². The Bertz CT molecular complexity index is 316. The van der Waals surface area contributed by atoms with Crippen LogP contribution in [-0.4, -0.2) is 78.8 Å². The van der Waals surface area contributed by atoms with Crippen LogP contribution in [0.3, 0.4) is 0 Å². The molecule has 0 aromatic carbocycles. The number of nitrogens with zero attached hydrogens (tertiary/aromatic N) is 2. The molecule has 2 saturated heterocycles. The summed E-state index contributed by atoms with van der Waals surface area (Å²) in [6, 6.07) is 0.0226. The zero-order valence-corrected chi connectivity index (χ0v) is 15.9. The van der Waals surface area contributed by atoms with Gasteiger partial charge in [0.1, 0.15) is 0 Å². The van der Waals surface area contributed by atoms with Crippen LogP contribution in [-0.2, 0) is 9.53 Å². The van der Waals surface area contributed by atoms with Crippen LogP contribution in [0.2, 0.25) is 0 Å². The summed E-state index contributed by atoms with van der Waals surface area (Å²) in [4.78, 5) is 16.6. The maximum atomic E-state index is 12.3. The number of carbonyl (C=O) groups is 1. The van der Waals surface area contributed by atoms with E-state index in [1.54, 1.807) is 11.8 Å². The van der Waals surface area contributed by atoms with Crippen molar-refractivity contribution in [2.24, 2.45) is 0 Å². The molecule has 1 N–H and O–H groups in total. The van der Waals surface area contributed by atoms with Crippen LogP contribution >= 0.6 is 36.6 Å². The van der Waals surface area contributed by atoms with Gasteiger partial charge in [0.25, 0.3) is 0 Å². The first-order chi connectivity index (χ1) is 9.74. The summed E-state index contributed by atoms with van der Waals surface area (Å²) in [5.41, 5.74) is 0. The van der Waals surface area contributed by atoms with E-state index in [4.69, 9.17) is 4.74 Å². The molecule has 2 aliphatic heterocycles. The van der Waals surface area contributed by atoms with Crippen LogP contribution < -0.4 is 5.32 Å². The second kappa shape index (κ2) is 11.8. The highest BCUT2D eigenvalue weighted by Crippen LogP contribution is 2.17. The van der Waals surface area contributed by atoms with Gasteiger partial charge in [0.15, 0.2) is 0 Å². The Labute approximate surface area is 150 Å². The minimum atomic E-state index is 0. The normalized spacial score (nSPS) is 24.2. The molecule has 5 nitrogen and oxygen atoms in total. The van der Waals surface area contributed by atoms with Crippen LogP contribution in [0.25, 0.3) is 0 Å². The van der Waals surface area contributed by atoms with Crippen molar-refractivity contribution in [3.05, 3.63) is 0 Å². The first-order valence-corrected chi connectivity index (χ1v) is 8.84. The van der Waals surface area contributed by atoms with Crippen molar-refractivity contribution < 1.29 is 9.53 Å². The van der Waals surface area contributed by atoms with Gasteiger partial charge in [-0.25, -0.2) is 0 Å². The molecule has 0 aliphatic carbocycles. The molecule has 2 fully saturated rings. The molecule has 2 atom stereocenters. The largest absolute Gasteiger partial charge is 0.375 e. The van der Waals surface area contributed by atoms with E-state index >= 15 is 0 Å². The highest BCUT2D eigenvalue weighted by molar-refractivity contribution is 7.99. The number of likely N-dealkylation sites (tertiary alicyclic amines) is 1. The van der Waals surface area contributed by atoms with E-state index in [1.807, 2.05) is 4.90 Å². The Morgan fingerprint density at radius 1 is 1.36 bits per heavy atom. The molecule has 2 aliphatic rings. The van der Waals surface area contributed by atoms with E-state index in [2.05, 4.69) is 24.1 Å². The molecule has 0 bridgehead atoms. The van der Waals surface area contributed by atoms with E-state index in [9.17, 15) is 4.79 Å². The predicted octanol–water partition coefficient (Wildman–Crippen LogP) is 1.45. The van der Waals surface area contributed by atoms with Crippen molar-refractivity contribution in [2.75, 3.05) is 51.0 Å². The first-order valence-electron chi connectivity index (χ1n) is 7.68. The monoisotopic (exact) mass is 373 g/mol. The average Bonchev–Trinajstić information content (AvgIpc) is 3.14. The minimum Gasteiger partial charge on any atom is -0.375 e. The molecule has 8 heteroatoms. The summed E-state index contributed by atoms with van der Waals surface area (Å²) in [6.45, 7) is 9.85. The molecule has 22 heavy (non-hydrogen) atoms. The van der Waals surface area contributed by atoms with Gasteiger partial charge in [-0.15, -0.1) is 36.6 Å². The second-order valence-corrected chi connectivity index (χ2v) is 6.39. The number of hydrogen-bond donors (Lipinski definition) is 1. The Kier molecular flexibility index (Phi) is 11.9. The van der Waals surface area contributed by atoms with E-state index in [-0.39, 0.29) is 42.9 Å². The predicted molar refractivity (Wildman–Crippen MR) is 97.5 cm³/mol. The fraction of sp³-hybridized carbons (Fsp3) is 0.929. The maximum absolute atomic E-state index is 12.3. The number of carbonyl (C=O) groups excluding carboxylic acids is 1. The minimum absolute atomic E-state index is 0. The summed E-state index contributed by atoms with van der Waals surface area (Å²) < 4.78 is 5.92. The fourth-order valence-electron chi connectivity index (χ4n) is 2.73. The van der Waals surface area contributed by atoms with Crippen LogP contribution in [0.5, 0.6) is 0 Å². The number of hydrogen-bond acceptors (Lipinski definition) is 5. The molecule has 1 amide bonds. The first kappa shape index (κ1) is 22.3. The van der Waals surface area contributed by atoms with Gasteiger partial charge in [0, 0.05) is 31.3 Å². The Morgan fingerprint density at radius 3 is 2.68 bits per heavy atom. The molecule has 2 unspecified atom stereocenters. The van der Waals surface area contributed by atoms with Crippen molar-refractivity contribution in [3.63, 3.8) is 0 Å². The van der Waals surface area contributed by atoms with Crippen molar-refractivity contribution in [2.45, 2.75) is 32.4 Å². The Balaban J connectivity index is 0.00000220. The summed E-state index contributed by atoms with van der Waals surface area (Å²) in [7, 11) is 0. The van der Waals surface area contributed by atoms with Gasteiger partial charge in [-0.05, 0) is 19.5 Å². The Morgan fingerprint density at radius 2 is 2.09 bits per heavy atom.